The van der Waals surface area contributed by atoms with Crippen LogP contribution >= 0.6 is 23.5 Å². The summed E-state index contributed by atoms with van der Waals surface area (Å²) in [6.45, 7) is 6.08. The second kappa shape index (κ2) is 15.7. The minimum atomic E-state index is 1.04. The lowest BCUT2D eigenvalue weighted by Crippen LogP contribution is -1.85. The molecule has 0 unspecified atom stereocenters. The van der Waals surface area contributed by atoms with Crippen LogP contribution in [-0.4, -0.2) is 23.0 Å². The Kier molecular flexibility index (Phi) is 16.4. The molecule has 0 bridgehead atoms. The van der Waals surface area contributed by atoms with Crippen LogP contribution in [0.5, 0.6) is 0 Å². The van der Waals surface area contributed by atoms with Crippen molar-refractivity contribution in [3.05, 3.63) is 6.92 Å². The molecule has 0 atom stereocenters. The first-order valence-electron chi connectivity index (χ1n) is 6.86. The molecule has 0 fully saturated rings. The van der Waals surface area contributed by atoms with E-state index in [1.807, 2.05) is 11.8 Å². The van der Waals surface area contributed by atoms with Crippen molar-refractivity contribution >= 4 is 23.5 Å². The molecule has 0 aliphatic heterocycles. The van der Waals surface area contributed by atoms with Crippen LogP contribution < -0.4 is 0 Å². The van der Waals surface area contributed by atoms with Crippen molar-refractivity contribution in [2.75, 3.05) is 23.0 Å². The highest BCUT2D eigenvalue weighted by Crippen LogP contribution is 2.12. The number of unbranched alkanes of at least 4 members (excludes halogenated alkanes) is 7. The third-order valence-electron chi connectivity index (χ3n) is 2.68. The summed E-state index contributed by atoms with van der Waals surface area (Å²) in [5.74, 6) is 5.01. The van der Waals surface area contributed by atoms with Gasteiger partial charge in [0.2, 0.25) is 0 Å². The van der Waals surface area contributed by atoms with Gasteiger partial charge in [-0.15, -0.1) is 0 Å². The molecule has 2 heteroatoms. The van der Waals surface area contributed by atoms with Crippen LogP contribution in [0.15, 0.2) is 0 Å². The maximum Gasteiger partial charge on any atom is -0.00672 e. The summed E-state index contributed by atoms with van der Waals surface area (Å²) in [6, 6.07) is 0. The normalized spacial score (nSPS) is 10.9. The van der Waals surface area contributed by atoms with Gasteiger partial charge in [-0.25, -0.2) is 0 Å². The van der Waals surface area contributed by atoms with E-state index in [4.69, 9.17) is 0 Å². The molecule has 0 aliphatic carbocycles. The molecule has 97 valence electrons. The fourth-order valence-corrected chi connectivity index (χ4v) is 3.02. The first-order valence-corrected chi connectivity index (χ1v) is 9.17. The van der Waals surface area contributed by atoms with Crippen molar-refractivity contribution < 1.29 is 0 Å². The zero-order valence-corrected chi connectivity index (χ0v) is 12.6. The summed E-state index contributed by atoms with van der Waals surface area (Å²) < 4.78 is 0. The third-order valence-corrected chi connectivity index (χ3v) is 4.53. The molecule has 0 aliphatic rings. The van der Waals surface area contributed by atoms with E-state index in [9.17, 15) is 0 Å². The van der Waals surface area contributed by atoms with Gasteiger partial charge in [-0.3, -0.25) is 0 Å². The van der Waals surface area contributed by atoms with Crippen LogP contribution in [0.4, 0.5) is 0 Å². The standard InChI is InChI=1S/C14H29S2/c1-3-15-13-11-9-7-5-6-8-10-12-14-16-4-2/h1,3-14H2,2H3. The molecular formula is C14H29S2. The van der Waals surface area contributed by atoms with E-state index < -0.39 is 0 Å². The summed E-state index contributed by atoms with van der Waals surface area (Å²) in [6.07, 6.45) is 11.5. The summed E-state index contributed by atoms with van der Waals surface area (Å²) in [5, 5.41) is 0. The molecule has 16 heavy (non-hydrogen) atoms. The van der Waals surface area contributed by atoms with E-state index in [1.165, 1.54) is 68.6 Å². The van der Waals surface area contributed by atoms with Gasteiger partial charge in [-0.05, 0) is 42.8 Å². The van der Waals surface area contributed by atoms with E-state index in [0.29, 0.717) is 0 Å². The average Bonchev–Trinajstić information content (AvgIpc) is 2.31. The van der Waals surface area contributed by atoms with Crippen LogP contribution in [-0.2, 0) is 0 Å². The highest BCUT2D eigenvalue weighted by molar-refractivity contribution is 7.99. The molecule has 0 saturated carbocycles. The molecule has 0 aromatic heterocycles. The molecule has 0 N–H and O–H groups in total. The number of hydrogen-bond donors (Lipinski definition) is 0. The summed E-state index contributed by atoms with van der Waals surface area (Å²) >= 11 is 4.05. The molecule has 0 aromatic rings. The Balaban J connectivity index is 2.83. The Morgan fingerprint density at radius 2 is 1.12 bits per heavy atom. The van der Waals surface area contributed by atoms with Crippen LogP contribution in [0.25, 0.3) is 0 Å². The van der Waals surface area contributed by atoms with Gasteiger partial charge < -0.3 is 0 Å². The Morgan fingerprint density at radius 3 is 1.56 bits per heavy atom. The monoisotopic (exact) mass is 261 g/mol. The van der Waals surface area contributed by atoms with E-state index in [2.05, 4.69) is 25.6 Å². The van der Waals surface area contributed by atoms with Gasteiger partial charge in [0.15, 0.2) is 0 Å². The summed E-state index contributed by atoms with van der Waals surface area (Å²) in [4.78, 5) is 0. The lowest BCUT2D eigenvalue weighted by atomic mass is 10.1. The quantitative estimate of drug-likeness (QED) is 0.406. The highest BCUT2D eigenvalue weighted by Gasteiger charge is 1.92. The second-order valence-electron chi connectivity index (χ2n) is 4.14. The van der Waals surface area contributed by atoms with Crippen molar-refractivity contribution in [3.8, 4) is 0 Å². The number of rotatable bonds is 13. The smallest absolute Gasteiger partial charge is 0.00672 e. The first-order chi connectivity index (χ1) is 7.91. The first kappa shape index (κ1) is 16.7. The Labute approximate surface area is 112 Å². The van der Waals surface area contributed by atoms with Crippen LogP contribution in [0, 0.1) is 6.92 Å². The lowest BCUT2D eigenvalue weighted by molar-refractivity contribution is 0.587. The Bertz CT molecular complexity index is 101. The van der Waals surface area contributed by atoms with Gasteiger partial charge in [-0.1, -0.05) is 45.4 Å². The van der Waals surface area contributed by atoms with Crippen molar-refractivity contribution in [2.24, 2.45) is 0 Å². The minimum absolute atomic E-state index is 1.04. The highest BCUT2D eigenvalue weighted by atomic mass is 32.2. The van der Waals surface area contributed by atoms with Crippen LogP contribution in [0.3, 0.4) is 0 Å². The van der Waals surface area contributed by atoms with Crippen molar-refractivity contribution in [1.82, 2.24) is 0 Å². The zero-order valence-electron chi connectivity index (χ0n) is 11.0. The largest absolute Gasteiger partial charge is 0.162 e. The predicted octanol–water partition coefficient (Wildman–Crippen LogP) is 5.43. The predicted molar refractivity (Wildman–Crippen MR) is 82.6 cm³/mol. The SMILES string of the molecule is [CH2]CSCCCCCCCCCCSCC. The number of thioether (sulfide) groups is 2. The minimum Gasteiger partial charge on any atom is -0.162 e. The molecule has 0 heterocycles. The maximum atomic E-state index is 3.84. The van der Waals surface area contributed by atoms with Crippen molar-refractivity contribution in [1.29, 1.82) is 0 Å². The fraction of sp³-hybridized carbons (Fsp3) is 0.929. The summed E-state index contributed by atoms with van der Waals surface area (Å²) in [5.41, 5.74) is 0. The Morgan fingerprint density at radius 1 is 0.688 bits per heavy atom. The molecule has 0 nitrogen and oxygen atoms in total. The molecule has 0 saturated heterocycles. The molecular weight excluding hydrogens is 232 g/mol. The van der Waals surface area contributed by atoms with Crippen molar-refractivity contribution in [2.45, 2.75) is 58.3 Å². The van der Waals surface area contributed by atoms with Gasteiger partial charge in [0.1, 0.15) is 0 Å². The maximum absolute atomic E-state index is 3.84. The molecule has 0 aromatic carbocycles. The third kappa shape index (κ3) is 14.7. The number of hydrogen-bond acceptors (Lipinski definition) is 2. The summed E-state index contributed by atoms with van der Waals surface area (Å²) in [7, 11) is 0. The Hall–Kier alpha value is 0.700. The van der Waals surface area contributed by atoms with Crippen molar-refractivity contribution in [3.63, 3.8) is 0 Å². The molecule has 0 amide bonds. The van der Waals surface area contributed by atoms with Gasteiger partial charge >= 0.3 is 0 Å². The van der Waals surface area contributed by atoms with E-state index in [-0.39, 0.29) is 0 Å². The average molecular weight is 262 g/mol. The van der Waals surface area contributed by atoms with Gasteiger partial charge in [0, 0.05) is 0 Å². The second-order valence-corrected chi connectivity index (χ2v) is 6.76. The fourth-order valence-electron chi connectivity index (χ4n) is 1.72. The van der Waals surface area contributed by atoms with Gasteiger partial charge in [0.05, 0.1) is 0 Å². The van der Waals surface area contributed by atoms with E-state index >= 15 is 0 Å². The van der Waals surface area contributed by atoms with Crippen LogP contribution in [0.2, 0.25) is 0 Å². The van der Waals surface area contributed by atoms with E-state index in [0.717, 1.165) is 5.75 Å². The topological polar surface area (TPSA) is 0 Å². The zero-order chi connectivity index (χ0) is 11.9. The molecule has 0 rings (SSSR count). The van der Waals surface area contributed by atoms with Gasteiger partial charge in [0.25, 0.3) is 0 Å². The lowest BCUT2D eigenvalue weighted by Gasteiger charge is -2.02. The molecule has 1 radical (unpaired) electrons. The van der Waals surface area contributed by atoms with Gasteiger partial charge in [-0.2, -0.15) is 23.5 Å². The van der Waals surface area contributed by atoms with E-state index in [1.54, 1.807) is 0 Å². The molecule has 0 spiro atoms. The van der Waals surface area contributed by atoms with Crippen LogP contribution in [0.1, 0.15) is 58.3 Å².